The monoisotopic (exact) mass is 259 g/mol. The summed E-state index contributed by atoms with van der Waals surface area (Å²) in [6.45, 7) is 3.58. The molecule has 1 heterocycles. The Kier molecular flexibility index (Phi) is 4.58. The van der Waals surface area contributed by atoms with Gasteiger partial charge in [-0.25, -0.2) is 0 Å². The van der Waals surface area contributed by atoms with E-state index in [1.807, 2.05) is 37.1 Å². The average Bonchev–Trinajstić information content (AvgIpc) is 2.78. The number of aromatic nitrogens is 2. The van der Waals surface area contributed by atoms with Crippen molar-refractivity contribution in [1.29, 1.82) is 0 Å². The number of benzene rings is 1. The van der Waals surface area contributed by atoms with Gasteiger partial charge in [-0.2, -0.15) is 5.10 Å². The van der Waals surface area contributed by atoms with E-state index in [1.165, 1.54) is 16.8 Å². The molecule has 0 atom stereocenters. The minimum atomic E-state index is 0.666. The van der Waals surface area contributed by atoms with E-state index in [-0.39, 0.29) is 0 Å². The largest absolute Gasteiger partial charge is 0.493 e. The van der Waals surface area contributed by atoms with Crippen LogP contribution in [0.4, 0.5) is 0 Å². The summed E-state index contributed by atoms with van der Waals surface area (Å²) in [6, 6.07) is 8.31. The average molecular weight is 259 g/mol. The molecule has 19 heavy (non-hydrogen) atoms. The summed E-state index contributed by atoms with van der Waals surface area (Å²) in [7, 11) is 3.90. The Labute approximate surface area is 114 Å². The molecule has 1 N–H and O–H groups in total. The molecular weight excluding hydrogens is 238 g/mol. The molecule has 0 aliphatic heterocycles. The number of rotatable bonds is 6. The summed E-state index contributed by atoms with van der Waals surface area (Å²) in [4.78, 5) is 0. The Bertz CT molecular complexity index is 534. The first-order valence-corrected chi connectivity index (χ1v) is 6.54. The normalized spacial score (nSPS) is 10.7. The summed E-state index contributed by atoms with van der Waals surface area (Å²) < 4.78 is 7.77. The van der Waals surface area contributed by atoms with Gasteiger partial charge >= 0.3 is 0 Å². The minimum absolute atomic E-state index is 0.666. The third kappa shape index (κ3) is 3.58. The van der Waals surface area contributed by atoms with Gasteiger partial charge in [0.1, 0.15) is 5.75 Å². The van der Waals surface area contributed by atoms with E-state index in [0.717, 1.165) is 18.7 Å². The lowest BCUT2D eigenvalue weighted by atomic mass is 10.1. The predicted octanol–water partition coefficient (Wildman–Crippen LogP) is 2.07. The highest BCUT2D eigenvalue weighted by Crippen LogP contribution is 2.20. The molecule has 2 aromatic rings. The van der Waals surface area contributed by atoms with Crippen LogP contribution >= 0.6 is 0 Å². The lowest BCUT2D eigenvalue weighted by Gasteiger charge is -2.12. The zero-order chi connectivity index (χ0) is 13.7. The first-order valence-electron chi connectivity index (χ1n) is 6.54. The van der Waals surface area contributed by atoms with Crippen LogP contribution in [0.15, 0.2) is 30.5 Å². The van der Waals surface area contributed by atoms with Crippen molar-refractivity contribution in [3.05, 3.63) is 47.3 Å². The molecule has 2 rings (SSSR count). The van der Waals surface area contributed by atoms with Crippen LogP contribution in [0.5, 0.6) is 5.75 Å². The topological polar surface area (TPSA) is 39.1 Å². The molecular formula is C15H21N3O. The summed E-state index contributed by atoms with van der Waals surface area (Å²) >= 11 is 0. The number of hydrogen-bond donors (Lipinski definition) is 1. The van der Waals surface area contributed by atoms with Crippen molar-refractivity contribution in [3.63, 3.8) is 0 Å². The quantitative estimate of drug-likeness (QED) is 0.863. The van der Waals surface area contributed by atoms with Gasteiger partial charge in [0, 0.05) is 37.5 Å². The fraction of sp³-hybridized carbons (Fsp3) is 0.400. The number of ether oxygens (including phenoxy) is 1. The highest BCUT2D eigenvalue weighted by atomic mass is 16.5. The Morgan fingerprint density at radius 1 is 1.32 bits per heavy atom. The van der Waals surface area contributed by atoms with Crippen molar-refractivity contribution >= 4 is 0 Å². The fourth-order valence-corrected chi connectivity index (χ4v) is 2.09. The fourth-order valence-electron chi connectivity index (χ4n) is 2.09. The van der Waals surface area contributed by atoms with Gasteiger partial charge in [0.25, 0.3) is 0 Å². The Balaban J connectivity index is 1.97. The third-order valence-corrected chi connectivity index (χ3v) is 3.12. The second-order valence-electron chi connectivity index (χ2n) is 4.69. The zero-order valence-corrected chi connectivity index (χ0v) is 11.8. The van der Waals surface area contributed by atoms with Crippen LogP contribution < -0.4 is 10.1 Å². The van der Waals surface area contributed by atoms with Crippen LogP contribution in [0.25, 0.3) is 0 Å². The lowest BCUT2D eigenvalue weighted by molar-refractivity contribution is 0.314. The van der Waals surface area contributed by atoms with Crippen molar-refractivity contribution in [2.75, 3.05) is 13.7 Å². The van der Waals surface area contributed by atoms with E-state index >= 15 is 0 Å². The number of nitrogens with one attached hydrogen (secondary N) is 1. The highest BCUT2D eigenvalue weighted by Gasteiger charge is 2.04. The second kappa shape index (κ2) is 6.38. The molecule has 4 heteroatoms. The first-order chi connectivity index (χ1) is 9.20. The standard InChI is InChI=1S/C15H21N3O/c1-12-4-5-15(13(10-12)11-16-2)19-9-7-14-6-8-17-18(14)3/h4-6,8,10,16H,7,9,11H2,1-3H3. The minimum Gasteiger partial charge on any atom is -0.493 e. The maximum atomic E-state index is 5.89. The number of hydrogen-bond acceptors (Lipinski definition) is 3. The van der Waals surface area contributed by atoms with Crippen LogP contribution in [-0.2, 0) is 20.0 Å². The van der Waals surface area contributed by atoms with Gasteiger partial charge in [-0.1, -0.05) is 17.7 Å². The maximum absolute atomic E-state index is 5.89. The van der Waals surface area contributed by atoms with Gasteiger partial charge in [-0.3, -0.25) is 4.68 Å². The first kappa shape index (κ1) is 13.6. The molecule has 0 aliphatic carbocycles. The molecule has 0 radical (unpaired) electrons. The highest BCUT2D eigenvalue weighted by molar-refractivity contribution is 5.36. The molecule has 0 amide bonds. The maximum Gasteiger partial charge on any atom is 0.123 e. The van der Waals surface area contributed by atoms with Gasteiger partial charge < -0.3 is 10.1 Å². The van der Waals surface area contributed by atoms with E-state index in [2.05, 4.69) is 29.5 Å². The molecule has 0 saturated carbocycles. The van der Waals surface area contributed by atoms with E-state index in [1.54, 1.807) is 0 Å². The molecule has 1 aromatic carbocycles. The van der Waals surface area contributed by atoms with E-state index in [9.17, 15) is 0 Å². The molecule has 0 aliphatic rings. The van der Waals surface area contributed by atoms with Crippen molar-refractivity contribution in [3.8, 4) is 5.75 Å². The van der Waals surface area contributed by atoms with E-state index in [0.29, 0.717) is 6.61 Å². The Hall–Kier alpha value is -1.81. The van der Waals surface area contributed by atoms with Crippen molar-refractivity contribution in [2.24, 2.45) is 7.05 Å². The van der Waals surface area contributed by atoms with Crippen LogP contribution in [0.2, 0.25) is 0 Å². The molecule has 102 valence electrons. The summed E-state index contributed by atoms with van der Waals surface area (Å²) in [5.74, 6) is 0.960. The summed E-state index contributed by atoms with van der Waals surface area (Å²) in [5.41, 5.74) is 3.64. The Morgan fingerprint density at radius 3 is 2.84 bits per heavy atom. The molecule has 1 aromatic heterocycles. The van der Waals surface area contributed by atoms with Crippen molar-refractivity contribution < 1.29 is 4.74 Å². The van der Waals surface area contributed by atoms with Crippen LogP contribution in [0, 0.1) is 6.92 Å². The molecule has 0 bridgehead atoms. The molecule has 0 fully saturated rings. The van der Waals surface area contributed by atoms with Crippen molar-refractivity contribution in [2.45, 2.75) is 19.9 Å². The van der Waals surface area contributed by atoms with Crippen molar-refractivity contribution in [1.82, 2.24) is 15.1 Å². The zero-order valence-electron chi connectivity index (χ0n) is 11.8. The van der Waals surface area contributed by atoms with Crippen LogP contribution in [0.1, 0.15) is 16.8 Å². The van der Waals surface area contributed by atoms with Crippen LogP contribution in [-0.4, -0.2) is 23.4 Å². The summed E-state index contributed by atoms with van der Waals surface area (Å²) in [5, 5.41) is 7.32. The predicted molar refractivity (Wildman–Crippen MR) is 76.3 cm³/mol. The van der Waals surface area contributed by atoms with Gasteiger partial charge in [0.15, 0.2) is 0 Å². The van der Waals surface area contributed by atoms with Crippen LogP contribution in [0.3, 0.4) is 0 Å². The number of aryl methyl sites for hydroxylation is 2. The second-order valence-corrected chi connectivity index (χ2v) is 4.69. The van der Waals surface area contributed by atoms with Gasteiger partial charge in [-0.05, 0) is 26.1 Å². The lowest BCUT2D eigenvalue weighted by Crippen LogP contribution is -2.10. The van der Waals surface area contributed by atoms with E-state index in [4.69, 9.17) is 4.74 Å². The molecule has 0 spiro atoms. The SMILES string of the molecule is CNCc1cc(C)ccc1OCCc1ccnn1C. The third-order valence-electron chi connectivity index (χ3n) is 3.12. The van der Waals surface area contributed by atoms with E-state index < -0.39 is 0 Å². The smallest absolute Gasteiger partial charge is 0.123 e. The number of nitrogens with zero attached hydrogens (tertiary/aromatic N) is 2. The Morgan fingerprint density at radius 2 is 2.16 bits per heavy atom. The molecule has 0 saturated heterocycles. The summed E-state index contributed by atoms with van der Waals surface area (Å²) in [6.07, 6.45) is 2.68. The molecule has 4 nitrogen and oxygen atoms in total. The van der Waals surface area contributed by atoms with Gasteiger partial charge in [0.2, 0.25) is 0 Å². The molecule has 0 unspecified atom stereocenters. The van der Waals surface area contributed by atoms with Gasteiger partial charge in [-0.15, -0.1) is 0 Å². The van der Waals surface area contributed by atoms with Gasteiger partial charge in [0.05, 0.1) is 6.61 Å².